The first-order chi connectivity index (χ1) is 14.8. The molecule has 1 atom stereocenters. The van der Waals surface area contributed by atoms with Gasteiger partial charge >= 0.3 is 0 Å². The number of anilines is 1. The van der Waals surface area contributed by atoms with E-state index in [4.69, 9.17) is 15.2 Å². The lowest BCUT2D eigenvalue weighted by molar-refractivity contribution is -0.126. The van der Waals surface area contributed by atoms with E-state index in [1.807, 2.05) is 0 Å². The molecule has 2 aromatic carbocycles. The quantitative estimate of drug-likeness (QED) is 0.656. The van der Waals surface area contributed by atoms with E-state index in [2.05, 4.69) is 5.32 Å². The van der Waals surface area contributed by atoms with Gasteiger partial charge in [0.25, 0.3) is 5.91 Å². The second-order valence-electron chi connectivity index (χ2n) is 6.99. The lowest BCUT2D eigenvalue weighted by Crippen LogP contribution is -2.32. The molecule has 3 amide bonds. The minimum Gasteiger partial charge on any atom is -0.493 e. The van der Waals surface area contributed by atoms with Gasteiger partial charge in [0.1, 0.15) is 11.6 Å². The molecule has 0 radical (unpaired) electrons. The summed E-state index contributed by atoms with van der Waals surface area (Å²) in [6, 6.07) is 7.72. The number of carbonyl (C=O) groups is 3. The highest BCUT2D eigenvalue weighted by Gasteiger charge is 2.35. The standard InChI is InChI=1S/C21H21F2N3O5/c1-30-18-4-12(2-3-17(18)31-11-19(24)27)9-25-21(29)13-5-20(28)26(10-13)16-7-14(22)6-15(23)8-16/h2-4,6-8,13H,5,9-11H2,1H3,(H2,24,27)(H,25,29). The normalized spacial score (nSPS) is 15.6. The first kappa shape index (κ1) is 22.0. The van der Waals surface area contributed by atoms with Crippen LogP contribution in [0.25, 0.3) is 0 Å². The van der Waals surface area contributed by atoms with Crippen molar-refractivity contribution in [2.75, 3.05) is 25.2 Å². The fourth-order valence-electron chi connectivity index (χ4n) is 3.25. The Hall–Kier alpha value is -3.69. The van der Waals surface area contributed by atoms with Crippen molar-refractivity contribution in [1.82, 2.24) is 5.32 Å². The number of nitrogens with zero attached hydrogens (tertiary/aromatic N) is 1. The molecular formula is C21H21F2N3O5. The molecule has 0 spiro atoms. The van der Waals surface area contributed by atoms with Crippen LogP contribution in [0.2, 0.25) is 0 Å². The zero-order chi connectivity index (χ0) is 22.5. The Morgan fingerprint density at radius 2 is 1.87 bits per heavy atom. The molecule has 0 aliphatic carbocycles. The van der Waals surface area contributed by atoms with Crippen LogP contribution in [-0.2, 0) is 20.9 Å². The van der Waals surface area contributed by atoms with Crippen LogP contribution in [0.3, 0.4) is 0 Å². The van der Waals surface area contributed by atoms with E-state index < -0.39 is 23.5 Å². The predicted molar refractivity (Wildman–Crippen MR) is 106 cm³/mol. The van der Waals surface area contributed by atoms with Crippen LogP contribution in [0.1, 0.15) is 12.0 Å². The zero-order valence-electron chi connectivity index (χ0n) is 16.7. The SMILES string of the molecule is COc1cc(CNC(=O)C2CC(=O)N(c3cc(F)cc(F)c3)C2)ccc1OCC(N)=O. The van der Waals surface area contributed by atoms with Crippen LogP contribution in [0.5, 0.6) is 11.5 Å². The number of nitrogens with one attached hydrogen (secondary N) is 1. The topological polar surface area (TPSA) is 111 Å². The van der Waals surface area contributed by atoms with Gasteiger partial charge in [0.15, 0.2) is 18.1 Å². The van der Waals surface area contributed by atoms with Crippen molar-refractivity contribution in [2.24, 2.45) is 11.7 Å². The van der Waals surface area contributed by atoms with Crippen molar-refractivity contribution < 1.29 is 32.6 Å². The molecular weight excluding hydrogens is 412 g/mol. The van der Waals surface area contributed by atoms with Crippen LogP contribution >= 0.6 is 0 Å². The molecule has 3 N–H and O–H groups in total. The number of nitrogens with two attached hydrogens (primary N) is 1. The number of carbonyl (C=O) groups excluding carboxylic acids is 3. The molecule has 10 heteroatoms. The lowest BCUT2D eigenvalue weighted by atomic mass is 10.1. The number of halogens is 2. The summed E-state index contributed by atoms with van der Waals surface area (Å²) in [5.41, 5.74) is 5.83. The molecule has 0 bridgehead atoms. The Morgan fingerprint density at radius 3 is 2.52 bits per heavy atom. The number of methoxy groups -OCH3 is 1. The smallest absolute Gasteiger partial charge is 0.255 e. The molecule has 31 heavy (non-hydrogen) atoms. The Balaban J connectivity index is 1.61. The minimum atomic E-state index is -0.798. The van der Waals surface area contributed by atoms with E-state index in [0.29, 0.717) is 23.1 Å². The van der Waals surface area contributed by atoms with Crippen LogP contribution in [-0.4, -0.2) is 38.0 Å². The molecule has 1 aliphatic rings. The largest absolute Gasteiger partial charge is 0.493 e. The number of ether oxygens (including phenoxy) is 2. The Morgan fingerprint density at radius 1 is 1.16 bits per heavy atom. The molecule has 3 rings (SSSR count). The highest BCUT2D eigenvalue weighted by molar-refractivity contribution is 6.00. The first-order valence-corrected chi connectivity index (χ1v) is 9.39. The van der Waals surface area contributed by atoms with Gasteiger partial charge in [0, 0.05) is 31.3 Å². The molecule has 1 unspecified atom stereocenters. The van der Waals surface area contributed by atoms with Gasteiger partial charge in [-0.1, -0.05) is 6.07 Å². The third kappa shape index (κ3) is 5.47. The van der Waals surface area contributed by atoms with Crippen LogP contribution in [0.4, 0.5) is 14.5 Å². The summed E-state index contributed by atoms with van der Waals surface area (Å²) in [5, 5.41) is 2.74. The van der Waals surface area contributed by atoms with E-state index in [1.54, 1.807) is 18.2 Å². The van der Waals surface area contributed by atoms with Gasteiger partial charge in [-0.2, -0.15) is 0 Å². The number of primary amides is 1. The van der Waals surface area contributed by atoms with Crippen LogP contribution < -0.4 is 25.4 Å². The van der Waals surface area contributed by atoms with Gasteiger partial charge in [-0.15, -0.1) is 0 Å². The molecule has 1 saturated heterocycles. The Bertz CT molecular complexity index is 994. The summed E-state index contributed by atoms with van der Waals surface area (Å²) in [6.07, 6.45) is -0.0623. The predicted octanol–water partition coefficient (Wildman–Crippen LogP) is 1.51. The monoisotopic (exact) mass is 433 g/mol. The zero-order valence-corrected chi connectivity index (χ0v) is 16.7. The van der Waals surface area contributed by atoms with Gasteiger partial charge in [-0.25, -0.2) is 8.78 Å². The highest BCUT2D eigenvalue weighted by atomic mass is 19.1. The maximum Gasteiger partial charge on any atom is 0.255 e. The summed E-state index contributed by atoms with van der Waals surface area (Å²) < 4.78 is 37.4. The van der Waals surface area contributed by atoms with Gasteiger partial charge in [-0.05, 0) is 29.8 Å². The Kier molecular flexibility index (Phi) is 6.68. The third-order valence-electron chi connectivity index (χ3n) is 4.72. The van der Waals surface area contributed by atoms with E-state index in [0.717, 1.165) is 12.1 Å². The molecule has 1 fully saturated rings. The molecule has 1 heterocycles. The van der Waals surface area contributed by atoms with E-state index >= 15 is 0 Å². The van der Waals surface area contributed by atoms with Crippen molar-refractivity contribution in [2.45, 2.75) is 13.0 Å². The van der Waals surface area contributed by atoms with Crippen molar-refractivity contribution in [3.8, 4) is 11.5 Å². The maximum atomic E-state index is 13.5. The van der Waals surface area contributed by atoms with Crippen molar-refractivity contribution >= 4 is 23.4 Å². The maximum absolute atomic E-state index is 13.5. The van der Waals surface area contributed by atoms with Gasteiger partial charge in [0.05, 0.1) is 13.0 Å². The van der Waals surface area contributed by atoms with Gasteiger partial charge in [0.2, 0.25) is 11.8 Å². The summed E-state index contributed by atoms with van der Waals surface area (Å²) in [6.45, 7) is -0.116. The fourth-order valence-corrected chi connectivity index (χ4v) is 3.25. The summed E-state index contributed by atoms with van der Waals surface area (Å²) in [4.78, 5) is 36.8. The fraction of sp³-hybridized carbons (Fsp3) is 0.286. The van der Waals surface area contributed by atoms with Gasteiger partial charge in [-0.3, -0.25) is 14.4 Å². The van der Waals surface area contributed by atoms with Crippen molar-refractivity contribution in [1.29, 1.82) is 0 Å². The Labute approximate surface area is 176 Å². The highest BCUT2D eigenvalue weighted by Crippen LogP contribution is 2.29. The number of rotatable bonds is 8. The number of benzene rings is 2. The molecule has 0 saturated carbocycles. The number of hydrogen-bond donors (Lipinski definition) is 2. The number of hydrogen-bond acceptors (Lipinski definition) is 5. The molecule has 0 aromatic heterocycles. The average molecular weight is 433 g/mol. The minimum absolute atomic E-state index is 0.0246. The molecule has 1 aliphatic heterocycles. The van der Waals surface area contributed by atoms with E-state index in [9.17, 15) is 23.2 Å². The first-order valence-electron chi connectivity index (χ1n) is 9.39. The average Bonchev–Trinajstić information content (AvgIpc) is 3.11. The van der Waals surface area contributed by atoms with Crippen LogP contribution in [0, 0.1) is 17.6 Å². The third-order valence-corrected chi connectivity index (χ3v) is 4.72. The second-order valence-corrected chi connectivity index (χ2v) is 6.99. The molecule has 164 valence electrons. The van der Waals surface area contributed by atoms with E-state index in [-0.39, 0.29) is 43.6 Å². The van der Waals surface area contributed by atoms with Crippen LogP contribution in [0.15, 0.2) is 36.4 Å². The van der Waals surface area contributed by atoms with Crippen molar-refractivity contribution in [3.05, 3.63) is 53.6 Å². The van der Waals surface area contributed by atoms with Crippen molar-refractivity contribution in [3.63, 3.8) is 0 Å². The lowest BCUT2D eigenvalue weighted by Gasteiger charge is -2.17. The summed E-state index contributed by atoms with van der Waals surface area (Å²) >= 11 is 0. The molecule has 8 nitrogen and oxygen atoms in total. The van der Waals surface area contributed by atoms with Gasteiger partial charge < -0.3 is 25.4 Å². The molecule has 2 aromatic rings. The second kappa shape index (κ2) is 9.41. The van der Waals surface area contributed by atoms with E-state index in [1.165, 1.54) is 12.0 Å². The summed E-state index contributed by atoms with van der Waals surface area (Å²) in [7, 11) is 1.43. The summed E-state index contributed by atoms with van der Waals surface area (Å²) in [5.74, 6) is -2.93. The number of amides is 3.